The fourth-order valence-corrected chi connectivity index (χ4v) is 2.24. The van der Waals surface area contributed by atoms with Gasteiger partial charge in [0.1, 0.15) is 5.82 Å². The highest BCUT2D eigenvalue weighted by Crippen LogP contribution is 2.17. The summed E-state index contributed by atoms with van der Waals surface area (Å²) in [4.78, 5) is 11.3. The maximum Gasteiger partial charge on any atom is 0.227 e. The second kappa shape index (κ2) is 5.46. The van der Waals surface area contributed by atoms with E-state index in [9.17, 15) is 0 Å². The molecule has 1 aliphatic rings. The molecule has 0 amide bonds. The van der Waals surface area contributed by atoms with Gasteiger partial charge in [0.05, 0.1) is 0 Å². The molecule has 0 radical (unpaired) electrons. The molecule has 3 rings (SSSR count). The van der Waals surface area contributed by atoms with Crippen LogP contribution < -0.4 is 15.5 Å². The molecule has 0 bridgehead atoms. The standard InChI is InChI=1S/C13H19N7/c1-9-7-11(16-12-8-10(2)18-19-12)17-13(15-9)20-5-3-14-4-6-20/h7-8,14H,3-6H2,1-2H3,(H2,15,16,17,18,19). The molecule has 3 N–H and O–H groups in total. The fourth-order valence-electron chi connectivity index (χ4n) is 2.24. The lowest BCUT2D eigenvalue weighted by Crippen LogP contribution is -2.44. The Morgan fingerprint density at radius 3 is 2.60 bits per heavy atom. The van der Waals surface area contributed by atoms with E-state index in [-0.39, 0.29) is 0 Å². The van der Waals surface area contributed by atoms with Crippen LogP contribution in [0.25, 0.3) is 0 Å². The van der Waals surface area contributed by atoms with Crippen LogP contribution in [0.4, 0.5) is 17.6 Å². The van der Waals surface area contributed by atoms with Crippen LogP contribution in [0.5, 0.6) is 0 Å². The Balaban J connectivity index is 1.82. The van der Waals surface area contributed by atoms with Crippen molar-refractivity contribution in [2.45, 2.75) is 13.8 Å². The number of nitrogens with zero attached hydrogens (tertiary/aromatic N) is 4. The van der Waals surface area contributed by atoms with Crippen LogP contribution in [0.2, 0.25) is 0 Å². The average Bonchev–Trinajstić information content (AvgIpc) is 2.84. The molecule has 0 spiro atoms. The highest BCUT2D eigenvalue weighted by molar-refractivity contribution is 5.54. The Bertz CT molecular complexity index is 586. The van der Waals surface area contributed by atoms with Gasteiger partial charge in [-0.05, 0) is 13.8 Å². The van der Waals surface area contributed by atoms with E-state index in [0.29, 0.717) is 0 Å². The third-order valence-corrected chi connectivity index (χ3v) is 3.20. The third kappa shape index (κ3) is 2.88. The van der Waals surface area contributed by atoms with Gasteiger partial charge in [-0.3, -0.25) is 5.10 Å². The number of hydrogen-bond acceptors (Lipinski definition) is 6. The summed E-state index contributed by atoms with van der Waals surface area (Å²) in [6.07, 6.45) is 0. The largest absolute Gasteiger partial charge is 0.338 e. The maximum absolute atomic E-state index is 4.58. The van der Waals surface area contributed by atoms with Crippen molar-refractivity contribution < 1.29 is 0 Å². The van der Waals surface area contributed by atoms with Crippen LogP contribution >= 0.6 is 0 Å². The number of anilines is 3. The molecule has 2 aromatic heterocycles. The highest BCUT2D eigenvalue weighted by Gasteiger charge is 2.14. The second-order valence-electron chi connectivity index (χ2n) is 4.99. The number of aromatic amines is 1. The van der Waals surface area contributed by atoms with E-state index in [1.165, 1.54) is 0 Å². The average molecular weight is 273 g/mol. The van der Waals surface area contributed by atoms with Crippen molar-refractivity contribution in [2.75, 3.05) is 36.4 Å². The summed E-state index contributed by atoms with van der Waals surface area (Å²) < 4.78 is 0. The van der Waals surface area contributed by atoms with Crippen molar-refractivity contribution in [1.82, 2.24) is 25.5 Å². The number of piperazine rings is 1. The lowest BCUT2D eigenvalue weighted by atomic mass is 10.3. The first-order valence-electron chi connectivity index (χ1n) is 6.81. The van der Waals surface area contributed by atoms with Gasteiger partial charge in [-0.25, -0.2) is 4.98 Å². The first-order chi connectivity index (χ1) is 9.70. The molecular formula is C13H19N7. The van der Waals surface area contributed by atoms with E-state index < -0.39 is 0 Å². The quantitative estimate of drug-likeness (QED) is 0.773. The summed E-state index contributed by atoms with van der Waals surface area (Å²) in [6.45, 7) is 7.76. The van der Waals surface area contributed by atoms with Gasteiger partial charge in [-0.2, -0.15) is 10.1 Å². The van der Waals surface area contributed by atoms with Crippen molar-refractivity contribution in [1.29, 1.82) is 0 Å². The zero-order valence-electron chi connectivity index (χ0n) is 11.8. The third-order valence-electron chi connectivity index (χ3n) is 3.20. The van der Waals surface area contributed by atoms with Gasteiger partial charge in [-0.15, -0.1) is 0 Å². The lowest BCUT2D eigenvalue weighted by molar-refractivity contribution is 0.579. The normalized spacial score (nSPS) is 15.4. The number of aromatic nitrogens is 4. The zero-order chi connectivity index (χ0) is 13.9. The molecule has 7 nitrogen and oxygen atoms in total. The van der Waals surface area contributed by atoms with Crippen molar-refractivity contribution in [3.8, 4) is 0 Å². The predicted octanol–water partition coefficient (Wildman–Crippen LogP) is 0.970. The van der Waals surface area contributed by atoms with E-state index >= 15 is 0 Å². The van der Waals surface area contributed by atoms with Crippen LogP contribution in [0.3, 0.4) is 0 Å². The van der Waals surface area contributed by atoms with Crippen molar-refractivity contribution in [3.63, 3.8) is 0 Å². The molecule has 1 saturated heterocycles. The molecule has 0 aromatic carbocycles. The molecule has 0 atom stereocenters. The van der Waals surface area contributed by atoms with Crippen molar-refractivity contribution in [3.05, 3.63) is 23.5 Å². The summed E-state index contributed by atoms with van der Waals surface area (Å²) in [6, 6.07) is 3.87. The Kier molecular flexibility index (Phi) is 3.51. The van der Waals surface area contributed by atoms with Gasteiger partial charge in [-0.1, -0.05) is 0 Å². The van der Waals surface area contributed by atoms with Crippen molar-refractivity contribution in [2.24, 2.45) is 0 Å². The molecule has 20 heavy (non-hydrogen) atoms. The number of rotatable bonds is 3. The number of aryl methyl sites for hydroxylation is 2. The van der Waals surface area contributed by atoms with Gasteiger partial charge in [0.15, 0.2) is 5.82 Å². The summed E-state index contributed by atoms with van der Waals surface area (Å²) in [5, 5.41) is 13.6. The van der Waals surface area contributed by atoms with Gasteiger partial charge < -0.3 is 15.5 Å². The summed E-state index contributed by atoms with van der Waals surface area (Å²) in [5.74, 6) is 2.32. The van der Waals surface area contributed by atoms with Crippen LogP contribution in [0.1, 0.15) is 11.4 Å². The van der Waals surface area contributed by atoms with E-state index in [4.69, 9.17) is 0 Å². The molecule has 0 unspecified atom stereocenters. The number of hydrogen-bond donors (Lipinski definition) is 3. The Hall–Kier alpha value is -2.15. The molecule has 0 saturated carbocycles. The molecular weight excluding hydrogens is 254 g/mol. The maximum atomic E-state index is 4.58. The summed E-state index contributed by atoms with van der Waals surface area (Å²) >= 11 is 0. The van der Waals surface area contributed by atoms with Crippen LogP contribution in [0.15, 0.2) is 12.1 Å². The van der Waals surface area contributed by atoms with Crippen LogP contribution in [0, 0.1) is 13.8 Å². The van der Waals surface area contributed by atoms with E-state index in [1.807, 2.05) is 26.0 Å². The number of nitrogens with one attached hydrogen (secondary N) is 3. The smallest absolute Gasteiger partial charge is 0.227 e. The Labute approximate surface area is 117 Å². The summed E-state index contributed by atoms with van der Waals surface area (Å²) in [7, 11) is 0. The molecule has 106 valence electrons. The SMILES string of the molecule is Cc1cc(Nc2cc(C)[nH]n2)nc(N2CCNCC2)n1. The van der Waals surface area contributed by atoms with Crippen LogP contribution in [-0.4, -0.2) is 46.3 Å². The fraction of sp³-hybridized carbons (Fsp3) is 0.462. The minimum Gasteiger partial charge on any atom is -0.338 e. The summed E-state index contributed by atoms with van der Waals surface area (Å²) in [5.41, 5.74) is 1.96. The second-order valence-corrected chi connectivity index (χ2v) is 4.99. The Morgan fingerprint density at radius 2 is 1.90 bits per heavy atom. The minimum absolute atomic E-state index is 0.770. The van der Waals surface area contributed by atoms with Crippen LogP contribution in [-0.2, 0) is 0 Å². The van der Waals surface area contributed by atoms with E-state index in [2.05, 4.69) is 35.7 Å². The van der Waals surface area contributed by atoms with Gasteiger partial charge >= 0.3 is 0 Å². The van der Waals surface area contributed by atoms with Crippen molar-refractivity contribution >= 4 is 17.6 Å². The first kappa shape index (κ1) is 12.9. The van der Waals surface area contributed by atoms with Gasteiger partial charge in [0.2, 0.25) is 5.95 Å². The predicted molar refractivity (Wildman–Crippen MR) is 78.5 cm³/mol. The first-order valence-corrected chi connectivity index (χ1v) is 6.81. The number of H-pyrrole nitrogens is 1. The molecule has 0 aliphatic carbocycles. The monoisotopic (exact) mass is 273 g/mol. The molecule has 1 fully saturated rings. The van der Waals surface area contributed by atoms with E-state index in [1.54, 1.807) is 0 Å². The Morgan fingerprint density at radius 1 is 1.10 bits per heavy atom. The van der Waals surface area contributed by atoms with E-state index in [0.717, 1.165) is 55.2 Å². The highest BCUT2D eigenvalue weighted by atomic mass is 15.3. The minimum atomic E-state index is 0.770. The van der Waals surface area contributed by atoms with Gasteiger partial charge in [0, 0.05) is 49.7 Å². The van der Waals surface area contributed by atoms with Gasteiger partial charge in [0.25, 0.3) is 0 Å². The molecule has 7 heteroatoms. The topological polar surface area (TPSA) is 81.8 Å². The lowest BCUT2D eigenvalue weighted by Gasteiger charge is -2.27. The zero-order valence-corrected chi connectivity index (χ0v) is 11.8. The molecule has 2 aromatic rings. The molecule has 3 heterocycles. The molecule has 1 aliphatic heterocycles.